The van der Waals surface area contributed by atoms with Crippen LogP contribution in [0.15, 0.2) is 60.7 Å². The number of carbonyl (C=O) groups is 2. The van der Waals surface area contributed by atoms with Gasteiger partial charge in [0.25, 0.3) is 0 Å². The van der Waals surface area contributed by atoms with E-state index in [0.717, 1.165) is 11.1 Å². The minimum atomic E-state index is -0.869. The van der Waals surface area contributed by atoms with Crippen molar-refractivity contribution in [3.05, 3.63) is 71.8 Å². The molecule has 2 aromatic rings. The number of likely N-dealkylation sites (N-methyl/N-ethyl adjacent to an activating group) is 1. The molecule has 4 heteroatoms. The van der Waals surface area contributed by atoms with Crippen molar-refractivity contribution in [3.8, 4) is 0 Å². The van der Waals surface area contributed by atoms with Crippen LogP contribution in [-0.4, -0.2) is 37.0 Å². The number of esters is 1. The molecule has 0 aliphatic carbocycles. The van der Waals surface area contributed by atoms with Gasteiger partial charge in [0.05, 0.1) is 12.5 Å². The van der Waals surface area contributed by atoms with E-state index in [1.165, 1.54) is 12.0 Å². The maximum atomic E-state index is 13.4. The van der Waals surface area contributed by atoms with Crippen molar-refractivity contribution in [2.24, 2.45) is 0 Å². The van der Waals surface area contributed by atoms with Gasteiger partial charge in [-0.2, -0.15) is 0 Å². The zero-order chi connectivity index (χ0) is 17.6. The van der Waals surface area contributed by atoms with Gasteiger partial charge in [-0.25, -0.2) is 0 Å². The first-order valence-corrected chi connectivity index (χ1v) is 8.01. The van der Waals surface area contributed by atoms with E-state index in [0.29, 0.717) is 6.54 Å². The zero-order valence-electron chi connectivity index (χ0n) is 14.4. The molecule has 0 fully saturated rings. The second kappa shape index (κ2) is 7.77. The molecule has 0 saturated carbocycles. The maximum Gasteiger partial charge on any atom is 0.325 e. The fraction of sp³-hybridized carbons (Fsp3) is 0.300. The molecule has 0 saturated heterocycles. The quantitative estimate of drug-likeness (QED) is 0.767. The summed E-state index contributed by atoms with van der Waals surface area (Å²) in [5, 5.41) is 0. The summed E-state index contributed by atoms with van der Waals surface area (Å²) in [7, 11) is 1.33. The van der Waals surface area contributed by atoms with Gasteiger partial charge in [0, 0.05) is 6.54 Å². The number of nitrogens with zero attached hydrogens (tertiary/aromatic N) is 1. The van der Waals surface area contributed by atoms with E-state index >= 15 is 0 Å². The Labute approximate surface area is 143 Å². The molecule has 126 valence electrons. The largest absolute Gasteiger partial charge is 0.468 e. The highest BCUT2D eigenvalue weighted by Crippen LogP contribution is 2.34. The van der Waals surface area contributed by atoms with E-state index in [9.17, 15) is 9.59 Å². The highest BCUT2D eigenvalue weighted by molar-refractivity contribution is 5.93. The van der Waals surface area contributed by atoms with Crippen LogP contribution in [0.2, 0.25) is 0 Å². The molecule has 0 aromatic heterocycles. The summed E-state index contributed by atoms with van der Waals surface area (Å²) in [6.07, 6.45) is 0. The van der Waals surface area contributed by atoms with Crippen molar-refractivity contribution in [2.45, 2.75) is 19.3 Å². The molecule has 0 heterocycles. The summed E-state index contributed by atoms with van der Waals surface area (Å²) in [6, 6.07) is 19.3. The number of amides is 1. The van der Waals surface area contributed by atoms with Gasteiger partial charge < -0.3 is 9.64 Å². The van der Waals surface area contributed by atoms with Crippen LogP contribution in [0.25, 0.3) is 0 Å². The Morgan fingerprint density at radius 3 is 1.79 bits per heavy atom. The molecule has 0 radical (unpaired) electrons. The normalized spacial score (nSPS) is 11.0. The predicted molar refractivity (Wildman–Crippen MR) is 93.6 cm³/mol. The summed E-state index contributed by atoms with van der Waals surface area (Å²) in [4.78, 5) is 26.6. The van der Waals surface area contributed by atoms with Gasteiger partial charge in [-0.15, -0.1) is 0 Å². The second-order valence-corrected chi connectivity index (χ2v) is 5.75. The molecule has 0 bridgehead atoms. The third kappa shape index (κ3) is 3.48. The van der Waals surface area contributed by atoms with Crippen molar-refractivity contribution in [1.82, 2.24) is 4.90 Å². The van der Waals surface area contributed by atoms with E-state index in [1.807, 2.05) is 74.5 Å². The van der Waals surface area contributed by atoms with Crippen LogP contribution in [-0.2, 0) is 19.7 Å². The van der Waals surface area contributed by atoms with E-state index in [-0.39, 0.29) is 12.5 Å². The Bertz CT molecular complexity index is 643. The van der Waals surface area contributed by atoms with Crippen LogP contribution in [0.3, 0.4) is 0 Å². The van der Waals surface area contributed by atoms with Crippen LogP contribution >= 0.6 is 0 Å². The Hall–Kier alpha value is -2.62. The molecule has 0 aliphatic heterocycles. The first-order chi connectivity index (χ1) is 11.5. The minimum Gasteiger partial charge on any atom is -0.468 e. The molecule has 0 spiro atoms. The van der Waals surface area contributed by atoms with Gasteiger partial charge >= 0.3 is 5.97 Å². The van der Waals surface area contributed by atoms with Gasteiger partial charge in [-0.05, 0) is 25.0 Å². The predicted octanol–water partition coefficient (Wildman–Crippen LogP) is 3.01. The summed E-state index contributed by atoms with van der Waals surface area (Å²) in [5.41, 5.74) is 0.918. The highest BCUT2D eigenvalue weighted by atomic mass is 16.5. The third-order valence-electron chi connectivity index (χ3n) is 4.35. The molecule has 2 aromatic carbocycles. The van der Waals surface area contributed by atoms with E-state index in [4.69, 9.17) is 4.74 Å². The van der Waals surface area contributed by atoms with E-state index < -0.39 is 11.4 Å². The van der Waals surface area contributed by atoms with Crippen LogP contribution in [0, 0.1) is 0 Å². The van der Waals surface area contributed by atoms with Gasteiger partial charge in [-0.3, -0.25) is 9.59 Å². The Balaban J connectivity index is 2.50. The minimum absolute atomic E-state index is 0.0545. The van der Waals surface area contributed by atoms with Crippen LogP contribution in [0.5, 0.6) is 0 Å². The van der Waals surface area contributed by atoms with E-state index in [2.05, 4.69) is 0 Å². The molecular formula is C20H23NO3. The zero-order valence-corrected chi connectivity index (χ0v) is 14.4. The Morgan fingerprint density at radius 1 is 0.958 bits per heavy atom. The number of benzene rings is 2. The van der Waals surface area contributed by atoms with Crippen molar-refractivity contribution < 1.29 is 14.3 Å². The van der Waals surface area contributed by atoms with Gasteiger partial charge in [0.15, 0.2) is 0 Å². The van der Waals surface area contributed by atoms with Gasteiger partial charge in [-0.1, -0.05) is 60.7 Å². The summed E-state index contributed by atoms with van der Waals surface area (Å²) >= 11 is 0. The first-order valence-electron chi connectivity index (χ1n) is 8.01. The fourth-order valence-corrected chi connectivity index (χ4v) is 2.82. The van der Waals surface area contributed by atoms with E-state index in [1.54, 1.807) is 0 Å². The molecule has 24 heavy (non-hydrogen) atoms. The van der Waals surface area contributed by atoms with Crippen molar-refractivity contribution >= 4 is 11.9 Å². The second-order valence-electron chi connectivity index (χ2n) is 5.75. The number of ether oxygens (including phenoxy) is 1. The topological polar surface area (TPSA) is 46.6 Å². The lowest BCUT2D eigenvalue weighted by molar-refractivity contribution is -0.148. The molecular weight excluding hydrogens is 302 g/mol. The van der Waals surface area contributed by atoms with Crippen LogP contribution in [0.1, 0.15) is 25.0 Å². The third-order valence-corrected chi connectivity index (χ3v) is 4.35. The van der Waals surface area contributed by atoms with Crippen LogP contribution in [0.4, 0.5) is 0 Å². The van der Waals surface area contributed by atoms with Crippen molar-refractivity contribution in [1.29, 1.82) is 0 Å². The van der Waals surface area contributed by atoms with Crippen LogP contribution < -0.4 is 0 Å². The van der Waals surface area contributed by atoms with Gasteiger partial charge in [0.1, 0.15) is 6.54 Å². The molecule has 1 amide bonds. The van der Waals surface area contributed by atoms with Crippen molar-refractivity contribution in [3.63, 3.8) is 0 Å². The monoisotopic (exact) mass is 325 g/mol. The molecule has 0 aliphatic rings. The Kier molecular flexibility index (Phi) is 5.74. The fourth-order valence-electron chi connectivity index (χ4n) is 2.82. The molecule has 0 N–H and O–H groups in total. The maximum absolute atomic E-state index is 13.4. The highest BCUT2D eigenvalue weighted by Gasteiger charge is 2.40. The standard InChI is InChI=1S/C20H23NO3/c1-4-21(15-18(22)24-3)19(23)20(2,16-11-7-5-8-12-16)17-13-9-6-10-14-17/h5-14H,4,15H2,1-3H3. The molecule has 2 rings (SSSR count). The smallest absolute Gasteiger partial charge is 0.325 e. The number of hydrogen-bond donors (Lipinski definition) is 0. The summed E-state index contributed by atoms with van der Waals surface area (Å²) in [6.45, 7) is 4.14. The molecule has 0 unspecified atom stereocenters. The average Bonchev–Trinajstić information content (AvgIpc) is 2.66. The lowest BCUT2D eigenvalue weighted by Gasteiger charge is -2.34. The van der Waals surface area contributed by atoms with Crippen molar-refractivity contribution in [2.75, 3.05) is 20.2 Å². The first kappa shape index (κ1) is 17.7. The van der Waals surface area contributed by atoms with Gasteiger partial charge in [0.2, 0.25) is 5.91 Å². The number of methoxy groups -OCH3 is 1. The average molecular weight is 325 g/mol. The number of rotatable bonds is 6. The molecule has 4 nitrogen and oxygen atoms in total. The summed E-state index contributed by atoms with van der Waals surface area (Å²) in [5.74, 6) is -0.540. The summed E-state index contributed by atoms with van der Waals surface area (Å²) < 4.78 is 4.72. The lowest BCUT2D eigenvalue weighted by Crippen LogP contribution is -2.47. The Morgan fingerprint density at radius 2 is 1.42 bits per heavy atom. The SMILES string of the molecule is CCN(CC(=O)OC)C(=O)C(C)(c1ccccc1)c1ccccc1. The lowest BCUT2D eigenvalue weighted by atomic mass is 9.75. The molecule has 0 atom stereocenters. The number of hydrogen-bond acceptors (Lipinski definition) is 3. The number of carbonyl (C=O) groups excluding carboxylic acids is 2.